The van der Waals surface area contributed by atoms with Gasteiger partial charge in [0.1, 0.15) is 12.1 Å². The third-order valence-corrected chi connectivity index (χ3v) is 6.63. The van der Waals surface area contributed by atoms with E-state index in [1.165, 1.54) is 10.0 Å². The van der Waals surface area contributed by atoms with Gasteiger partial charge in [-0.05, 0) is 49.7 Å². The number of piperidine rings is 2. The van der Waals surface area contributed by atoms with E-state index in [4.69, 9.17) is 19.1 Å². The lowest BCUT2D eigenvalue weighted by molar-refractivity contribution is -0.187. The Morgan fingerprint density at radius 2 is 1.02 bits per heavy atom. The molecule has 0 aromatic heterocycles. The molecule has 12 nitrogen and oxygen atoms in total. The van der Waals surface area contributed by atoms with Crippen molar-refractivity contribution in [3.63, 3.8) is 0 Å². The SMILES string of the molecule is O=C(OC(=O)[C@H]1CCCCN1NOCc1ccccc1)C(=O)OC(=O)[C@H]1CCCCN1NOCc1ccccc1. The second kappa shape index (κ2) is 15.3. The lowest BCUT2D eigenvalue weighted by atomic mass is 10.0. The van der Waals surface area contributed by atoms with E-state index in [-0.39, 0.29) is 13.2 Å². The summed E-state index contributed by atoms with van der Waals surface area (Å²) in [4.78, 5) is 61.1. The Balaban J connectivity index is 1.23. The number of hydrazine groups is 2. The van der Waals surface area contributed by atoms with E-state index in [1.807, 2.05) is 60.7 Å². The van der Waals surface area contributed by atoms with Crippen LogP contribution in [0, 0.1) is 0 Å². The van der Waals surface area contributed by atoms with Crippen LogP contribution in [0.2, 0.25) is 0 Å². The number of hydrogen-bond acceptors (Lipinski definition) is 12. The predicted octanol–water partition coefficient (Wildman–Crippen LogP) is 2.11. The number of ether oxygens (including phenoxy) is 2. The molecule has 0 spiro atoms. The summed E-state index contributed by atoms with van der Waals surface area (Å²) in [6, 6.07) is 17.2. The van der Waals surface area contributed by atoms with Gasteiger partial charge in [-0.3, -0.25) is 9.68 Å². The zero-order valence-corrected chi connectivity index (χ0v) is 22.2. The highest BCUT2D eigenvalue weighted by Gasteiger charge is 2.37. The van der Waals surface area contributed by atoms with Gasteiger partial charge in [0.25, 0.3) is 0 Å². The highest BCUT2D eigenvalue weighted by Crippen LogP contribution is 2.18. The third-order valence-electron chi connectivity index (χ3n) is 6.63. The van der Waals surface area contributed by atoms with Crippen LogP contribution in [0.4, 0.5) is 0 Å². The van der Waals surface area contributed by atoms with Crippen LogP contribution >= 0.6 is 0 Å². The molecule has 214 valence electrons. The van der Waals surface area contributed by atoms with Crippen molar-refractivity contribution in [2.45, 2.75) is 63.8 Å². The van der Waals surface area contributed by atoms with Crippen LogP contribution < -0.4 is 11.2 Å². The first-order chi connectivity index (χ1) is 19.5. The number of rotatable bonds is 10. The second-order valence-corrected chi connectivity index (χ2v) is 9.56. The fourth-order valence-electron chi connectivity index (χ4n) is 4.52. The first-order valence-electron chi connectivity index (χ1n) is 13.4. The average Bonchev–Trinajstić information content (AvgIpc) is 2.98. The Kier molecular flexibility index (Phi) is 11.3. The summed E-state index contributed by atoms with van der Waals surface area (Å²) < 4.78 is 9.56. The molecule has 2 saturated heterocycles. The molecule has 0 amide bonds. The smallest absolute Gasteiger partial charge is 0.383 e. The van der Waals surface area contributed by atoms with E-state index >= 15 is 0 Å². The summed E-state index contributed by atoms with van der Waals surface area (Å²) in [7, 11) is 0. The minimum Gasteiger partial charge on any atom is -0.383 e. The molecule has 40 heavy (non-hydrogen) atoms. The van der Waals surface area contributed by atoms with Crippen molar-refractivity contribution in [3.8, 4) is 0 Å². The minimum absolute atomic E-state index is 0.261. The molecular formula is C28H34N4O8. The minimum atomic E-state index is -1.55. The van der Waals surface area contributed by atoms with Crippen LogP contribution in [0.25, 0.3) is 0 Å². The van der Waals surface area contributed by atoms with E-state index in [9.17, 15) is 19.2 Å². The molecule has 4 rings (SSSR count). The van der Waals surface area contributed by atoms with Gasteiger partial charge in [0.2, 0.25) is 0 Å². The van der Waals surface area contributed by atoms with E-state index in [0.29, 0.717) is 25.9 Å². The van der Waals surface area contributed by atoms with Crippen LogP contribution in [-0.4, -0.2) is 59.1 Å². The number of hydrogen-bond donors (Lipinski definition) is 2. The van der Waals surface area contributed by atoms with Crippen molar-refractivity contribution in [3.05, 3.63) is 71.8 Å². The first kappa shape index (κ1) is 29.5. The van der Waals surface area contributed by atoms with Crippen molar-refractivity contribution >= 4 is 23.9 Å². The van der Waals surface area contributed by atoms with Crippen LogP contribution in [-0.2, 0) is 51.5 Å². The van der Waals surface area contributed by atoms with Crippen molar-refractivity contribution in [2.24, 2.45) is 0 Å². The molecule has 2 atom stereocenters. The zero-order chi connectivity index (χ0) is 28.2. The summed E-state index contributed by atoms with van der Waals surface area (Å²) in [5.41, 5.74) is 7.34. The maximum Gasteiger partial charge on any atom is 0.425 e. The summed E-state index contributed by atoms with van der Waals surface area (Å²) in [5, 5.41) is 3.05. The number of benzene rings is 2. The Morgan fingerprint density at radius 1 is 0.625 bits per heavy atom. The highest BCUT2D eigenvalue weighted by molar-refractivity contribution is 6.33. The molecule has 2 heterocycles. The quantitative estimate of drug-likeness (QED) is 0.193. The topological polar surface area (TPSA) is 136 Å². The molecule has 2 aromatic carbocycles. The van der Waals surface area contributed by atoms with E-state index in [0.717, 1.165) is 36.8 Å². The molecule has 0 unspecified atom stereocenters. The van der Waals surface area contributed by atoms with Gasteiger partial charge in [-0.1, -0.05) is 60.7 Å². The fraction of sp³-hybridized carbons (Fsp3) is 0.429. The maximum absolute atomic E-state index is 12.7. The van der Waals surface area contributed by atoms with E-state index in [1.54, 1.807) is 0 Å². The Labute approximate surface area is 232 Å². The Hall–Kier alpha value is -3.52. The maximum atomic E-state index is 12.7. The molecule has 2 N–H and O–H groups in total. The average molecular weight is 555 g/mol. The van der Waals surface area contributed by atoms with Gasteiger partial charge in [0.05, 0.1) is 13.2 Å². The summed E-state index contributed by atoms with van der Waals surface area (Å²) in [6.45, 7) is 1.47. The fourth-order valence-corrected chi connectivity index (χ4v) is 4.52. The van der Waals surface area contributed by atoms with Crippen LogP contribution in [0.5, 0.6) is 0 Å². The van der Waals surface area contributed by atoms with Crippen molar-refractivity contribution < 1.29 is 38.3 Å². The van der Waals surface area contributed by atoms with Crippen LogP contribution in [0.3, 0.4) is 0 Å². The molecule has 0 aliphatic carbocycles. The van der Waals surface area contributed by atoms with Gasteiger partial charge in [-0.15, -0.1) is 11.2 Å². The zero-order valence-electron chi connectivity index (χ0n) is 22.2. The number of carbonyl (C=O) groups is 4. The standard InChI is InChI=1S/C28H34N4O8/c33-25(23-15-7-9-17-31(23)29-37-19-21-11-3-1-4-12-21)39-27(35)28(36)40-26(34)24-16-8-10-18-32(24)30-38-20-22-13-5-2-6-14-22/h1-6,11-14,23-24,29-30H,7-10,15-20H2/t23-,24-/m1/s1. The van der Waals surface area contributed by atoms with Gasteiger partial charge in [0.15, 0.2) is 0 Å². The lowest BCUT2D eigenvalue weighted by Crippen LogP contribution is -2.53. The number of nitrogens with zero attached hydrogens (tertiary/aromatic N) is 2. The molecule has 0 saturated carbocycles. The molecule has 2 fully saturated rings. The van der Waals surface area contributed by atoms with Gasteiger partial charge in [-0.25, -0.2) is 29.2 Å². The molecular weight excluding hydrogens is 520 g/mol. The molecule has 2 aliphatic rings. The number of carbonyl (C=O) groups excluding carboxylic acids is 4. The molecule has 0 bridgehead atoms. The van der Waals surface area contributed by atoms with Crippen LogP contribution in [0.1, 0.15) is 49.7 Å². The summed E-state index contributed by atoms with van der Waals surface area (Å²) in [6.07, 6.45) is 3.85. The lowest BCUT2D eigenvalue weighted by Gasteiger charge is -2.33. The number of nitrogens with one attached hydrogen (secondary N) is 2. The monoisotopic (exact) mass is 554 g/mol. The largest absolute Gasteiger partial charge is 0.425 e. The van der Waals surface area contributed by atoms with Gasteiger partial charge >= 0.3 is 23.9 Å². The van der Waals surface area contributed by atoms with Gasteiger partial charge < -0.3 is 9.47 Å². The molecule has 12 heteroatoms. The summed E-state index contributed by atoms with van der Waals surface area (Å²) >= 11 is 0. The molecule has 0 radical (unpaired) electrons. The van der Waals surface area contributed by atoms with Crippen LogP contribution in [0.15, 0.2) is 60.7 Å². The molecule has 2 aliphatic heterocycles. The predicted molar refractivity (Wildman–Crippen MR) is 140 cm³/mol. The normalized spacial score (nSPS) is 20.0. The van der Waals surface area contributed by atoms with E-state index in [2.05, 4.69) is 11.2 Å². The van der Waals surface area contributed by atoms with Gasteiger partial charge in [0, 0.05) is 13.1 Å². The number of esters is 4. The van der Waals surface area contributed by atoms with Crippen molar-refractivity contribution in [1.82, 2.24) is 21.2 Å². The highest BCUT2D eigenvalue weighted by atomic mass is 16.7. The van der Waals surface area contributed by atoms with Crippen molar-refractivity contribution in [1.29, 1.82) is 0 Å². The second-order valence-electron chi connectivity index (χ2n) is 9.56. The first-order valence-corrected chi connectivity index (χ1v) is 13.4. The Bertz CT molecular complexity index is 1040. The summed E-state index contributed by atoms with van der Waals surface area (Å²) in [5.74, 6) is -4.96. The van der Waals surface area contributed by atoms with Crippen molar-refractivity contribution in [2.75, 3.05) is 13.1 Å². The van der Waals surface area contributed by atoms with E-state index < -0.39 is 36.0 Å². The van der Waals surface area contributed by atoms with Gasteiger partial charge in [-0.2, -0.15) is 0 Å². The third kappa shape index (κ3) is 8.74. The Morgan fingerprint density at radius 3 is 1.43 bits per heavy atom. The molecule has 2 aromatic rings.